The Bertz CT molecular complexity index is 185. The highest BCUT2D eigenvalue weighted by atomic mass is 16.5. The van der Waals surface area contributed by atoms with Crippen LogP contribution in [0, 0.1) is 0 Å². The summed E-state index contributed by atoms with van der Waals surface area (Å²) in [7, 11) is 0. The SMILES string of the molecule is CCCOC(=O)NC1CCCCC1N. The Hall–Kier alpha value is -0.770. The molecule has 3 N–H and O–H groups in total. The zero-order valence-electron chi connectivity index (χ0n) is 8.79. The van der Waals surface area contributed by atoms with E-state index < -0.39 is 0 Å². The summed E-state index contributed by atoms with van der Waals surface area (Å²) < 4.78 is 4.94. The molecular formula is C10H20N2O2. The van der Waals surface area contributed by atoms with Gasteiger partial charge in [-0.05, 0) is 19.3 Å². The first-order valence-corrected chi connectivity index (χ1v) is 5.43. The predicted molar refractivity (Wildman–Crippen MR) is 55.0 cm³/mol. The highest BCUT2D eigenvalue weighted by molar-refractivity contribution is 5.67. The van der Waals surface area contributed by atoms with Gasteiger partial charge < -0.3 is 15.8 Å². The van der Waals surface area contributed by atoms with E-state index in [0.717, 1.165) is 25.7 Å². The summed E-state index contributed by atoms with van der Waals surface area (Å²) in [4.78, 5) is 11.2. The molecule has 0 aromatic carbocycles. The van der Waals surface area contributed by atoms with Crippen molar-refractivity contribution in [3.63, 3.8) is 0 Å². The second-order valence-corrected chi connectivity index (χ2v) is 3.84. The maximum atomic E-state index is 11.2. The third kappa shape index (κ3) is 3.54. The molecule has 1 amide bonds. The van der Waals surface area contributed by atoms with Gasteiger partial charge in [-0.1, -0.05) is 19.8 Å². The van der Waals surface area contributed by atoms with E-state index in [1.54, 1.807) is 0 Å². The minimum absolute atomic E-state index is 0.0953. The van der Waals surface area contributed by atoms with Crippen molar-refractivity contribution in [1.82, 2.24) is 5.32 Å². The molecule has 0 bridgehead atoms. The van der Waals surface area contributed by atoms with Gasteiger partial charge in [0.1, 0.15) is 0 Å². The number of hydrogen-bond acceptors (Lipinski definition) is 3. The van der Waals surface area contributed by atoms with Gasteiger partial charge in [-0.3, -0.25) is 0 Å². The van der Waals surface area contributed by atoms with Crippen LogP contribution in [-0.4, -0.2) is 24.8 Å². The quantitative estimate of drug-likeness (QED) is 0.723. The van der Waals surface area contributed by atoms with E-state index in [4.69, 9.17) is 10.5 Å². The number of ether oxygens (including phenoxy) is 1. The maximum Gasteiger partial charge on any atom is 0.407 e. The largest absolute Gasteiger partial charge is 0.450 e. The lowest BCUT2D eigenvalue weighted by atomic mass is 9.91. The van der Waals surface area contributed by atoms with Crippen molar-refractivity contribution in [1.29, 1.82) is 0 Å². The number of carbonyl (C=O) groups excluding carboxylic acids is 1. The molecule has 82 valence electrons. The lowest BCUT2D eigenvalue weighted by Gasteiger charge is -2.28. The Labute approximate surface area is 85.2 Å². The number of nitrogens with two attached hydrogens (primary N) is 1. The van der Waals surface area contributed by atoms with E-state index in [-0.39, 0.29) is 18.2 Å². The van der Waals surface area contributed by atoms with Crippen molar-refractivity contribution in [2.24, 2.45) is 5.73 Å². The second-order valence-electron chi connectivity index (χ2n) is 3.84. The lowest BCUT2D eigenvalue weighted by molar-refractivity contribution is 0.137. The van der Waals surface area contributed by atoms with Gasteiger partial charge in [-0.15, -0.1) is 0 Å². The fourth-order valence-electron chi connectivity index (χ4n) is 1.73. The van der Waals surface area contributed by atoms with E-state index in [1.165, 1.54) is 6.42 Å². The van der Waals surface area contributed by atoms with Crippen LogP contribution >= 0.6 is 0 Å². The van der Waals surface area contributed by atoms with E-state index >= 15 is 0 Å². The minimum Gasteiger partial charge on any atom is -0.450 e. The Morgan fingerprint density at radius 2 is 2.21 bits per heavy atom. The lowest BCUT2D eigenvalue weighted by Crippen LogP contribution is -2.49. The molecule has 0 heterocycles. The van der Waals surface area contributed by atoms with Crippen LogP contribution in [0.2, 0.25) is 0 Å². The molecule has 1 fully saturated rings. The molecule has 0 saturated heterocycles. The van der Waals surface area contributed by atoms with E-state index in [0.29, 0.717) is 6.61 Å². The summed E-state index contributed by atoms with van der Waals surface area (Å²) in [5, 5.41) is 2.82. The molecule has 4 heteroatoms. The van der Waals surface area contributed by atoms with Crippen LogP contribution in [0.1, 0.15) is 39.0 Å². The van der Waals surface area contributed by atoms with Gasteiger partial charge in [0, 0.05) is 12.1 Å². The van der Waals surface area contributed by atoms with Crippen LogP contribution in [0.25, 0.3) is 0 Å². The first kappa shape index (κ1) is 11.3. The summed E-state index contributed by atoms with van der Waals surface area (Å²) in [5.74, 6) is 0. The Morgan fingerprint density at radius 1 is 1.50 bits per heavy atom. The molecule has 0 aromatic heterocycles. The summed E-state index contributed by atoms with van der Waals surface area (Å²) in [6, 6.07) is 0.200. The van der Waals surface area contributed by atoms with Gasteiger partial charge in [0.15, 0.2) is 0 Å². The first-order chi connectivity index (χ1) is 6.74. The van der Waals surface area contributed by atoms with Gasteiger partial charge in [0.25, 0.3) is 0 Å². The number of nitrogens with one attached hydrogen (secondary N) is 1. The third-order valence-electron chi connectivity index (χ3n) is 2.56. The van der Waals surface area contributed by atoms with Gasteiger partial charge in [-0.25, -0.2) is 4.79 Å². The molecular weight excluding hydrogens is 180 g/mol. The van der Waals surface area contributed by atoms with Crippen molar-refractivity contribution in [2.75, 3.05) is 6.61 Å². The van der Waals surface area contributed by atoms with Gasteiger partial charge in [0.05, 0.1) is 6.61 Å². The van der Waals surface area contributed by atoms with E-state index in [1.807, 2.05) is 6.92 Å². The van der Waals surface area contributed by atoms with E-state index in [9.17, 15) is 4.79 Å². The van der Waals surface area contributed by atoms with Crippen molar-refractivity contribution in [2.45, 2.75) is 51.1 Å². The molecule has 0 spiro atoms. The highest BCUT2D eigenvalue weighted by Crippen LogP contribution is 2.16. The standard InChI is InChI=1S/C10H20N2O2/c1-2-7-14-10(13)12-9-6-4-3-5-8(9)11/h8-9H,2-7,11H2,1H3,(H,12,13). The van der Waals surface area contributed by atoms with Crippen molar-refractivity contribution >= 4 is 6.09 Å². The van der Waals surface area contributed by atoms with Crippen LogP contribution in [0.15, 0.2) is 0 Å². The van der Waals surface area contributed by atoms with Crippen LogP contribution < -0.4 is 11.1 Å². The van der Waals surface area contributed by atoms with Gasteiger partial charge in [-0.2, -0.15) is 0 Å². The smallest absolute Gasteiger partial charge is 0.407 e. The topological polar surface area (TPSA) is 64.3 Å². The number of hydrogen-bond donors (Lipinski definition) is 2. The fourth-order valence-corrected chi connectivity index (χ4v) is 1.73. The first-order valence-electron chi connectivity index (χ1n) is 5.43. The third-order valence-corrected chi connectivity index (χ3v) is 2.56. The summed E-state index contributed by atoms with van der Waals surface area (Å²) in [5.41, 5.74) is 5.89. The van der Waals surface area contributed by atoms with Crippen molar-refractivity contribution in [3.8, 4) is 0 Å². The second kappa shape index (κ2) is 5.86. The Morgan fingerprint density at radius 3 is 2.86 bits per heavy atom. The molecule has 1 saturated carbocycles. The van der Waals surface area contributed by atoms with E-state index in [2.05, 4.69) is 5.32 Å². The molecule has 2 unspecified atom stereocenters. The molecule has 4 nitrogen and oxygen atoms in total. The molecule has 14 heavy (non-hydrogen) atoms. The Balaban J connectivity index is 2.23. The van der Waals surface area contributed by atoms with Crippen LogP contribution in [-0.2, 0) is 4.74 Å². The fraction of sp³-hybridized carbons (Fsp3) is 0.900. The summed E-state index contributed by atoms with van der Waals surface area (Å²) in [6.07, 6.45) is 4.82. The highest BCUT2D eigenvalue weighted by Gasteiger charge is 2.23. The molecule has 0 aliphatic heterocycles. The van der Waals surface area contributed by atoms with Gasteiger partial charge in [0.2, 0.25) is 0 Å². The summed E-state index contributed by atoms with van der Waals surface area (Å²) in [6.45, 7) is 2.45. The molecule has 1 aliphatic rings. The predicted octanol–water partition coefficient (Wildman–Crippen LogP) is 1.39. The monoisotopic (exact) mass is 200 g/mol. The molecule has 0 radical (unpaired) electrons. The van der Waals surface area contributed by atoms with Crippen LogP contribution in [0.4, 0.5) is 4.79 Å². The number of amides is 1. The Kier molecular flexibility index (Phi) is 4.73. The number of carbonyl (C=O) groups is 1. The van der Waals surface area contributed by atoms with Crippen LogP contribution in [0.5, 0.6) is 0 Å². The zero-order chi connectivity index (χ0) is 10.4. The molecule has 2 atom stereocenters. The minimum atomic E-state index is -0.325. The van der Waals surface area contributed by atoms with Crippen molar-refractivity contribution in [3.05, 3.63) is 0 Å². The summed E-state index contributed by atoms with van der Waals surface area (Å²) >= 11 is 0. The average Bonchev–Trinajstić information content (AvgIpc) is 2.18. The molecule has 1 aliphatic carbocycles. The molecule has 0 aromatic rings. The molecule has 1 rings (SSSR count). The number of rotatable bonds is 3. The van der Waals surface area contributed by atoms with Crippen LogP contribution in [0.3, 0.4) is 0 Å². The van der Waals surface area contributed by atoms with Crippen molar-refractivity contribution < 1.29 is 9.53 Å². The maximum absolute atomic E-state index is 11.2. The normalized spacial score (nSPS) is 27.0. The number of alkyl carbamates (subject to hydrolysis) is 1. The average molecular weight is 200 g/mol. The zero-order valence-corrected chi connectivity index (χ0v) is 8.79. The van der Waals surface area contributed by atoms with Gasteiger partial charge >= 0.3 is 6.09 Å².